The Bertz CT molecular complexity index is 1220. The van der Waals surface area contributed by atoms with E-state index in [0.29, 0.717) is 6.61 Å². The van der Waals surface area contributed by atoms with Crippen LogP contribution in [0.5, 0.6) is 0 Å². The van der Waals surface area contributed by atoms with Crippen molar-refractivity contribution in [3.63, 3.8) is 0 Å². The lowest BCUT2D eigenvalue weighted by Crippen LogP contribution is -2.14. The molecule has 0 aliphatic heterocycles. The molecular formula is C27H27N3O. The molecule has 0 spiro atoms. The summed E-state index contributed by atoms with van der Waals surface area (Å²) in [6.45, 7) is 6.63. The molecule has 156 valence electrons. The molecule has 1 aliphatic carbocycles. The second kappa shape index (κ2) is 9.21. The van der Waals surface area contributed by atoms with E-state index in [1.165, 1.54) is 0 Å². The van der Waals surface area contributed by atoms with E-state index in [0.717, 1.165) is 56.6 Å². The first-order chi connectivity index (χ1) is 15.1. The second-order valence-electron chi connectivity index (χ2n) is 7.72. The molecule has 1 aromatic carbocycles. The molecule has 1 atom stereocenters. The van der Waals surface area contributed by atoms with Gasteiger partial charge < -0.3 is 10.5 Å². The summed E-state index contributed by atoms with van der Waals surface area (Å²) >= 11 is 0. The Morgan fingerprint density at radius 1 is 1.23 bits per heavy atom. The summed E-state index contributed by atoms with van der Waals surface area (Å²) in [6.07, 6.45) is 11.2. The minimum atomic E-state index is -0.282. The van der Waals surface area contributed by atoms with E-state index in [2.05, 4.69) is 41.9 Å². The Kier molecular flexibility index (Phi) is 6.21. The van der Waals surface area contributed by atoms with Gasteiger partial charge in [-0.15, -0.1) is 0 Å². The second-order valence-corrected chi connectivity index (χ2v) is 7.72. The quantitative estimate of drug-likeness (QED) is 0.561. The molecule has 1 aliphatic rings. The molecule has 0 radical (unpaired) electrons. The molecule has 0 bridgehead atoms. The van der Waals surface area contributed by atoms with E-state index in [9.17, 15) is 0 Å². The number of hydrogen-bond acceptors (Lipinski definition) is 4. The van der Waals surface area contributed by atoms with Crippen molar-refractivity contribution in [3.05, 3.63) is 108 Å². The van der Waals surface area contributed by atoms with Gasteiger partial charge in [-0.2, -0.15) is 0 Å². The Hall–Kier alpha value is -3.34. The zero-order chi connectivity index (χ0) is 21.8. The summed E-state index contributed by atoms with van der Waals surface area (Å²) in [5, 5.41) is 0. The van der Waals surface area contributed by atoms with Crippen LogP contribution >= 0.6 is 0 Å². The van der Waals surface area contributed by atoms with Crippen molar-refractivity contribution < 1.29 is 4.74 Å². The molecule has 0 saturated heterocycles. The standard InChI is InChI=1S/C27H27N3O/c1-4-23(27(28)21-10-6-8-19(14-21)17-31-3)24-11-12-25-26(30-24)15-22(16-29-25)20-9-5-7-18(2)13-20/h4-6,8-16,27H,2,7,17,28H2,1,3H3/b23-4-. The van der Waals surface area contributed by atoms with Gasteiger partial charge in [-0.05, 0) is 53.8 Å². The van der Waals surface area contributed by atoms with Gasteiger partial charge in [0.25, 0.3) is 0 Å². The molecule has 2 N–H and O–H groups in total. The third kappa shape index (κ3) is 4.55. The zero-order valence-corrected chi connectivity index (χ0v) is 18.0. The Morgan fingerprint density at radius 3 is 2.87 bits per heavy atom. The van der Waals surface area contributed by atoms with Gasteiger partial charge >= 0.3 is 0 Å². The van der Waals surface area contributed by atoms with Crippen LogP contribution in [0.4, 0.5) is 0 Å². The maximum Gasteiger partial charge on any atom is 0.0900 e. The summed E-state index contributed by atoms with van der Waals surface area (Å²) in [7, 11) is 1.69. The summed E-state index contributed by atoms with van der Waals surface area (Å²) in [5.41, 5.74) is 15.6. The van der Waals surface area contributed by atoms with Gasteiger partial charge in [0.15, 0.2) is 0 Å². The molecule has 0 saturated carbocycles. The maximum absolute atomic E-state index is 6.66. The van der Waals surface area contributed by atoms with E-state index in [1.54, 1.807) is 7.11 Å². The molecule has 4 nitrogen and oxygen atoms in total. The fraction of sp³-hybridized carbons (Fsp3) is 0.185. The van der Waals surface area contributed by atoms with E-state index < -0.39 is 0 Å². The van der Waals surface area contributed by atoms with Crippen molar-refractivity contribution in [2.45, 2.75) is 26.0 Å². The average molecular weight is 410 g/mol. The van der Waals surface area contributed by atoms with Crippen molar-refractivity contribution in [1.82, 2.24) is 9.97 Å². The van der Waals surface area contributed by atoms with E-state index in [4.69, 9.17) is 15.5 Å². The van der Waals surface area contributed by atoms with E-state index in [-0.39, 0.29) is 6.04 Å². The van der Waals surface area contributed by atoms with E-state index >= 15 is 0 Å². The number of benzene rings is 1. The van der Waals surface area contributed by atoms with Crippen LogP contribution in [-0.2, 0) is 11.3 Å². The first kappa shape index (κ1) is 20.9. The Balaban J connectivity index is 1.69. The SMILES string of the molecule is C=C1C=C(c2cnc3ccc(/C(=C/C)C(N)c4cccc(COC)c4)nc3c2)C=CC1. The van der Waals surface area contributed by atoms with Crippen LogP contribution in [0, 0.1) is 0 Å². The molecule has 1 unspecified atom stereocenters. The minimum Gasteiger partial charge on any atom is -0.380 e. The zero-order valence-electron chi connectivity index (χ0n) is 18.0. The highest BCUT2D eigenvalue weighted by atomic mass is 16.5. The number of allylic oxidation sites excluding steroid dienone is 6. The molecule has 31 heavy (non-hydrogen) atoms. The smallest absolute Gasteiger partial charge is 0.0900 e. The van der Waals surface area contributed by atoms with Gasteiger partial charge in [0, 0.05) is 18.9 Å². The highest BCUT2D eigenvalue weighted by Crippen LogP contribution is 2.30. The summed E-state index contributed by atoms with van der Waals surface area (Å²) in [6, 6.07) is 14.0. The number of rotatable bonds is 6. The number of aromatic nitrogens is 2. The summed E-state index contributed by atoms with van der Waals surface area (Å²) in [4.78, 5) is 9.53. The van der Waals surface area contributed by atoms with Gasteiger partial charge in [0.1, 0.15) is 0 Å². The van der Waals surface area contributed by atoms with Crippen LogP contribution in [0.3, 0.4) is 0 Å². The minimum absolute atomic E-state index is 0.282. The largest absolute Gasteiger partial charge is 0.380 e. The van der Waals surface area contributed by atoms with Crippen molar-refractivity contribution in [1.29, 1.82) is 0 Å². The predicted molar refractivity (Wildman–Crippen MR) is 128 cm³/mol. The van der Waals surface area contributed by atoms with Crippen molar-refractivity contribution in [2.24, 2.45) is 5.73 Å². The number of hydrogen-bond donors (Lipinski definition) is 1. The van der Waals surface area contributed by atoms with Gasteiger partial charge in [0.2, 0.25) is 0 Å². The molecule has 4 rings (SSSR count). The number of fused-ring (bicyclic) bond motifs is 1. The monoisotopic (exact) mass is 409 g/mol. The van der Waals surface area contributed by atoms with Crippen LogP contribution in [0.15, 0.2) is 85.1 Å². The first-order valence-electron chi connectivity index (χ1n) is 10.4. The van der Waals surface area contributed by atoms with Gasteiger partial charge in [-0.25, -0.2) is 4.98 Å². The van der Waals surface area contributed by atoms with Crippen molar-refractivity contribution in [2.75, 3.05) is 7.11 Å². The Labute approximate surface area is 183 Å². The highest BCUT2D eigenvalue weighted by Gasteiger charge is 2.16. The number of ether oxygens (including phenoxy) is 1. The third-order valence-electron chi connectivity index (χ3n) is 5.47. The normalized spacial score (nSPS) is 15.3. The first-order valence-corrected chi connectivity index (χ1v) is 10.4. The summed E-state index contributed by atoms with van der Waals surface area (Å²) in [5.74, 6) is 0. The lowest BCUT2D eigenvalue weighted by molar-refractivity contribution is 0.185. The number of methoxy groups -OCH3 is 1. The molecular weight excluding hydrogens is 382 g/mol. The average Bonchev–Trinajstić information content (AvgIpc) is 2.79. The molecule has 2 heterocycles. The molecule has 4 heteroatoms. The van der Waals surface area contributed by atoms with Crippen LogP contribution < -0.4 is 5.73 Å². The number of nitrogens with zero attached hydrogens (tertiary/aromatic N) is 2. The Morgan fingerprint density at radius 2 is 2.10 bits per heavy atom. The van der Waals surface area contributed by atoms with E-state index in [1.807, 2.05) is 49.5 Å². The summed E-state index contributed by atoms with van der Waals surface area (Å²) < 4.78 is 5.26. The van der Waals surface area contributed by atoms with Gasteiger partial charge in [-0.3, -0.25) is 4.98 Å². The lowest BCUT2D eigenvalue weighted by atomic mass is 9.95. The molecule has 2 aromatic heterocycles. The maximum atomic E-state index is 6.66. The van der Waals surface area contributed by atoms with Crippen LogP contribution in [0.2, 0.25) is 0 Å². The fourth-order valence-corrected chi connectivity index (χ4v) is 3.88. The third-order valence-corrected chi connectivity index (χ3v) is 5.47. The highest BCUT2D eigenvalue weighted by molar-refractivity contribution is 5.85. The molecule has 0 amide bonds. The van der Waals surface area contributed by atoms with Crippen LogP contribution in [-0.4, -0.2) is 17.1 Å². The molecule has 0 fully saturated rings. The fourth-order valence-electron chi connectivity index (χ4n) is 3.88. The van der Waals surface area contributed by atoms with Crippen molar-refractivity contribution >= 4 is 22.2 Å². The van der Waals surface area contributed by atoms with Gasteiger partial charge in [0.05, 0.1) is 29.4 Å². The van der Waals surface area contributed by atoms with Crippen LogP contribution in [0.1, 0.15) is 41.8 Å². The topological polar surface area (TPSA) is 61.0 Å². The number of pyridine rings is 2. The lowest BCUT2D eigenvalue weighted by Gasteiger charge is -2.17. The van der Waals surface area contributed by atoms with Crippen molar-refractivity contribution in [3.8, 4) is 0 Å². The number of nitrogens with two attached hydrogens (primary N) is 1. The molecule has 3 aromatic rings. The predicted octanol–water partition coefficient (Wildman–Crippen LogP) is 5.78. The van der Waals surface area contributed by atoms with Crippen LogP contribution in [0.25, 0.3) is 22.2 Å². The van der Waals surface area contributed by atoms with Gasteiger partial charge in [-0.1, -0.05) is 60.7 Å².